The summed E-state index contributed by atoms with van der Waals surface area (Å²) < 4.78 is 3.77. The fourth-order valence-corrected chi connectivity index (χ4v) is 5.10. The Labute approximate surface area is 173 Å². The van der Waals surface area contributed by atoms with Crippen LogP contribution in [0.25, 0.3) is 26.9 Å². The standard InChI is InChI=1S/C21H23N7S/c1-6-14(7-2)16-8-12(3)26-28-18(13(4)25-20(16)28)19-15(10-22)9-17(29-19)21-23-11-24-27(21)5/h8-9,11,14H,6-7H2,1-5H3/p+1. The normalized spacial score (nSPS) is 11.5. The highest BCUT2D eigenvalue weighted by atomic mass is 32.1. The summed E-state index contributed by atoms with van der Waals surface area (Å²) in [7, 11) is 1.90. The number of nitrogens with one attached hydrogen (secondary N) is 1. The monoisotopic (exact) mass is 406 g/mol. The van der Waals surface area contributed by atoms with E-state index in [1.54, 1.807) is 17.7 Å². The first-order chi connectivity index (χ1) is 14.0. The van der Waals surface area contributed by atoms with Crippen LogP contribution in [0.15, 0.2) is 18.5 Å². The van der Waals surface area contributed by atoms with Crippen LogP contribution in [-0.2, 0) is 7.05 Å². The minimum absolute atomic E-state index is 0.436. The number of H-pyrrole nitrogens is 1. The van der Waals surface area contributed by atoms with Gasteiger partial charge in [-0.15, -0.1) is 11.3 Å². The Morgan fingerprint density at radius 2 is 2.03 bits per heavy atom. The van der Waals surface area contributed by atoms with Gasteiger partial charge < -0.3 is 0 Å². The van der Waals surface area contributed by atoms with Crippen LogP contribution in [0.4, 0.5) is 0 Å². The largest absolute Gasteiger partial charge is 0.360 e. The van der Waals surface area contributed by atoms with Crippen LogP contribution in [0.3, 0.4) is 0 Å². The highest BCUT2D eigenvalue weighted by Crippen LogP contribution is 2.39. The maximum absolute atomic E-state index is 9.81. The van der Waals surface area contributed by atoms with E-state index < -0.39 is 0 Å². The molecule has 0 unspecified atom stereocenters. The molecule has 8 heteroatoms. The molecule has 0 amide bonds. The minimum Gasteiger partial charge on any atom is -0.231 e. The first kappa shape index (κ1) is 19.3. The minimum atomic E-state index is 0.436. The molecule has 7 nitrogen and oxygen atoms in total. The molecule has 148 valence electrons. The lowest BCUT2D eigenvalue weighted by Gasteiger charge is -2.14. The van der Waals surface area contributed by atoms with E-state index in [1.165, 1.54) is 5.56 Å². The third-order valence-electron chi connectivity index (χ3n) is 5.38. The van der Waals surface area contributed by atoms with Gasteiger partial charge in [0.1, 0.15) is 23.7 Å². The van der Waals surface area contributed by atoms with E-state index in [4.69, 9.17) is 10.1 Å². The third kappa shape index (κ3) is 3.12. The van der Waals surface area contributed by atoms with E-state index in [0.717, 1.165) is 51.1 Å². The molecule has 0 saturated carbocycles. The Morgan fingerprint density at radius 1 is 1.28 bits per heavy atom. The number of hydrogen-bond acceptors (Lipinski definition) is 5. The molecule has 0 aromatic carbocycles. The zero-order chi connectivity index (χ0) is 20.7. The van der Waals surface area contributed by atoms with E-state index in [2.05, 4.69) is 36.1 Å². The number of rotatable bonds is 5. The van der Waals surface area contributed by atoms with Crippen LogP contribution in [0.5, 0.6) is 0 Å². The molecule has 0 spiro atoms. The van der Waals surface area contributed by atoms with Crippen molar-refractivity contribution < 1.29 is 4.68 Å². The molecule has 0 aliphatic rings. The van der Waals surface area contributed by atoms with Gasteiger partial charge in [0.15, 0.2) is 5.65 Å². The Morgan fingerprint density at radius 3 is 2.66 bits per heavy atom. The van der Waals surface area contributed by atoms with E-state index in [1.807, 2.05) is 36.2 Å². The molecule has 0 fully saturated rings. The number of imidazole rings is 1. The molecule has 0 aliphatic carbocycles. The quantitative estimate of drug-likeness (QED) is 0.506. The third-order valence-corrected chi connectivity index (χ3v) is 6.52. The lowest BCUT2D eigenvalue weighted by atomic mass is 9.95. The zero-order valence-corrected chi connectivity index (χ0v) is 18.1. The SMILES string of the molecule is CCC(CC)c1cc(C)nn2c(-c3sc(-c4nc[nH][n+]4C)cc3C#N)c(C)nc12. The highest BCUT2D eigenvalue weighted by Gasteiger charge is 2.25. The number of thiophene rings is 1. The number of aromatic nitrogens is 6. The van der Waals surface area contributed by atoms with Crippen molar-refractivity contribution in [2.24, 2.45) is 7.05 Å². The summed E-state index contributed by atoms with van der Waals surface area (Å²) in [5.74, 6) is 1.23. The number of aromatic amines is 1. The topological polar surface area (TPSA) is 86.5 Å². The Balaban J connectivity index is 1.98. The Bertz CT molecular complexity index is 1230. The van der Waals surface area contributed by atoms with Crippen molar-refractivity contribution in [2.75, 3.05) is 0 Å². The van der Waals surface area contributed by atoms with Gasteiger partial charge in [-0.2, -0.15) is 20.1 Å². The molecule has 4 aromatic heterocycles. The molecular formula is C21H24N7S+. The summed E-state index contributed by atoms with van der Waals surface area (Å²) in [5, 5.41) is 17.6. The molecule has 0 bridgehead atoms. The van der Waals surface area contributed by atoms with Crippen LogP contribution >= 0.6 is 11.3 Å². The van der Waals surface area contributed by atoms with Crippen molar-refractivity contribution in [1.29, 1.82) is 5.26 Å². The Hall–Kier alpha value is -3.05. The van der Waals surface area contributed by atoms with Gasteiger partial charge in [-0.05, 0) is 49.7 Å². The van der Waals surface area contributed by atoms with Crippen molar-refractivity contribution in [3.8, 4) is 27.3 Å². The summed E-state index contributed by atoms with van der Waals surface area (Å²) in [6, 6.07) is 6.39. The summed E-state index contributed by atoms with van der Waals surface area (Å²) in [6.45, 7) is 8.42. The van der Waals surface area contributed by atoms with Gasteiger partial charge >= 0.3 is 5.82 Å². The van der Waals surface area contributed by atoms with Gasteiger partial charge in [0.05, 0.1) is 21.8 Å². The van der Waals surface area contributed by atoms with Crippen LogP contribution < -0.4 is 4.68 Å². The molecule has 4 aromatic rings. The lowest BCUT2D eigenvalue weighted by molar-refractivity contribution is -0.717. The van der Waals surface area contributed by atoms with E-state index in [0.29, 0.717) is 11.5 Å². The molecule has 0 aliphatic heterocycles. The summed E-state index contributed by atoms with van der Waals surface area (Å²) in [6.07, 6.45) is 3.76. The van der Waals surface area contributed by atoms with Gasteiger partial charge in [-0.25, -0.2) is 9.50 Å². The summed E-state index contributed by atoms with van der Waals surface area (Å²) >= 11 is 1.55. The number of nitrogens with zero attached hydrogens (tertiary/aromatic N) is 6. The number of fused-ring (bicyclic) bond motifs is 1. The predicted octanol–water partition coefficient (Wildman–Crippen LogP) is 4.06. The van der Waals surface area contributed by atoms with Gasteiger partial charge in [-0.1, -0.05) is 13.8 Å². The van der Waals surface area contributed by atoms with Crippen LogP contribution in [0.1, 0.15) is 55.1 Å². The van der Waals surface area contributed by atoms with E-state index in [-0.39, 0.29) is 0 Å². The fraction of sp³-hybridized carbons (Fsp3) is 0.381. The average Bonchev–Trinajstić information content (AvgIpc) is 3.38. The zero-order valence-electron chi connectivity index (χ0n) is 17.3. The second kappa shape index (κ2) is 7.41. The van der Waals surface area contributed by atoms with Crippen molar-refractivity contribution in [3.63, 3.8) is 0 Å². The lowest BCUT2D eigenvalue weighted by Crippen LogP contribution is -2.31. The number of nitriles is 1. The smallest absolute Gasteiger partial charge is 0.231 e. The molecule has 0 radical (unpaired) electrons. The predicted molar refractivity (Wildman–Crippen MR) is 113 cm³/mol. The molecule has 0 atom stereocenters. The first-order valence-corrected chi connectivity index (χ1v) is 10.6. The van der Waals surface area contributed by atoms with Crippen LogP contribution in [0.2, 0.25) is 0 Å². The second-order valence-electron chi connectivity index (χ2n) is 7.27. The summed E-state index contributed by atoms with van der Waals surface area (Å²) in [5.41, 5.74) is 5.46. The van der Waals surface area contributed by atoms with Crippen molar-refractivity contribution in [1.82, 2.24) is 24.7 Å². The van der Waals surface area contributed by atoms with Crippen molar-refractivity contribution in [3.05, 3.63) is 41.0 Å². The maximum Gasteiger partial charge on any atom is 0.360 e. The Kier molecular flexibility index (Phi) is 4.92. The molecule has 4 rings (SSSR count). The van der Waals surface area contributed by atoms with Gasteiger partial charge in [-0.3, -0.25) is 0 Å². The van der Waals surface area contributed by atoms with Crippen molar-refractivity contribution >= 4 is 17.0 Å². The fourth-order valence-electron chi connectivity index (χ4n) is 3.88. The second-order valence-corrected chi connectivity index (χ2v) is 8.32. The van der Waals surface area contributed by atoms with Gasteiger partial charge in [0.2, 0.25) is 6.33 Å². The average molecular weight is 407 g/mol. The highest BCUT2D eigenvalue weighted by molar-refractivity contribution is 7.19. The van der Waals surface area contributed by atoms with Crippen LogP contribution in [-0.4, -0.2) is 24.7 Å². The molecule has 0 saturated heterocycles. The molecule has 4 heterocycles. The maximum atomic E-state index is 9.81. The molecular weight excluding hydrogens is 382 g/mol. The number of aryl methyl sites for hydroxylation is 3. The van der Waals surface area contributed by atoms with Gasteiger partial charge in [0.25, 0.3) is 0 Å². The summed E-state index contributed by atoms with van der Waals surface area (Å²) in [4.78, 5) is 11.1. The van der Waals surface area contributed by atoms with Gasteiger partial charge in [0, 0.05) is 5.56 Å². The number of hydrogen-bond donors (Lipinski definition) is 1. The van der Waals surface area contributed by atoms with E-state index >= 15 is 0 Å². The van der Waals surface area contributed by atoms with Crippen molar-refractivity contribution in [2.45, 2.75) is 46.5 Å². The molecule has 1 N–H and O–H groups in total. The van der Waals surface area contributed by atoms with E-state index in [9.17, 15) is 5.26 Å². The molecule has 29 heavy (non-hydrogen) atoms. The van der Waals surface area contributed by atoms with Crippen LogP contribution in [0, 0.1) is 25.2 Å². The first-order valence-electron chi connectivity index (χ1n) is 9.79.